The van der Waals surface area contributed by atoms with E-state index in [-0.39, 0.29) is 18.1 Å². The van der Waals surface area contributed by atoms with Gasteiger partial charge in [0.15, 0.2) is 11.4 Å². The highest BCUT2D eigenvalue weighted by Crippen LogP contribution is 2.18. The number of halogens is 1. The third-order valence-corrected chi connectivity index (χ3v) is 2.95. The van der Waals surface area contributed by atoms with E-state index in [4.69, 9.17) is 21.4 Å². The third-order valence-electron chi connectivity index (χ3n) is 2.69. The van der Waals surface area contributed by atoms with Gasteiger partial charge < -0.3 is 15.2 Å². The van der Waals surface area contributed by atoms with Crippen molar-refractivity contribution in [1.29, 1.82) is 0 Å². The lowest BCUT2D eigenvalue weighted by atomic mass is 10.2. The van der Waals surface area contributed by atoms with Crippen LogP contribution in [0.25, 0.3) is 0 Å². The molecule has 2 N–H and O–H groups in total. The molecule has 0 saturated carbocycles. The summed E-state index contributed by atoms with van der Waals surface area (Å²) in [6.07, 6.45) is 1.44. The number of hydrogen-bond donors (Lipinski definition) is 2. The van der Waals surface area contributed by atoms with Gasteiger partial charge in [0, 0.05) is 11.2 Å². The average Bonchev–Trinajstić information content (AvgIpc) is 2.52. The first-order valence-electron chi connectivity index (χ1n) is 6.38. The molecule has 1 heterocycles. The normalized spacial score (nSPS) is 10.0. The molecule has 1 aromatic carbocycles. The van der Waals surface area contributed by atoms with Gasteiger partial charge in [-0.1, -0.05) is 23.7 Å². The first kappa shape index (κ1) is 15.8. The molecule has 22 heavy (non-hydrogen) atoms. The summed E-state index contributed by atoms with van der Waals surface area (Å²) >= 11 is 5.80. The van der Waals surface area contributed by atoms with Crippen molar-refractivity contribution in [3.05, 3.63) is 58.9 Å². The Hall–Kier alpha value is -2.60. The Morgan fingerprint density at radius 3 is 2.64 bits per heavy atom. The summed E-state index contributed by atoms with van der Waals surface area (Å²) in [4.78, 5) is 26.3. The van der Waals surface area contributed by atoms with Gasteiger partial charge >= 0.3 is 5.97 Å². The molecule has 2 rings (SSSR count). The quantitative estimate of drug-likeness (QED) is 0.851. The van der Waals surface area contributed by atoms with Crippen LogP contribution in [0.15, 0.2) is 42.6 Å². The van der Waals surface area contributed by atoms with Gasteiger partial charge in [-0.25, -0.2) is 4.98 Å². The maximum atomic E-state index is 11.9. The van der Waals surface area contributed by atoms with Gasteiger partial charge in [-0.3, -0.25) is 9.59 Å². The van der Waals surface area contributed by atoms with Crippen molar-refractivity contribution in [1.82, 2.24) is 10.3 Å². The second-order valence-corrected chi connectivity index (χ2v) is 4.78. The summed E-state index contributed by atoms with van der Waals surface area (Å²) in [7, 11) is 0. The first-order chi connectivity index (χ1) is 10.6. The molecule has 0 radical (unpaired) electrons. The van der Waals surface area contributed by atoms with Gasteiger partial charge in [0.25, 0.3) is 5.91 Å². The summed E-state index contributed by atoms with van der Waals surface area (Å²) < 4.78 is 5.58. The number of carboxylic acids is 1. The number of pyridine rings is 1. The number of aromatic nitrogens is 1. The lowest BCUT2D eigenvalue weighted by Crippen LogP contribution is -2.30. The Labute approximate surface area is 131 Å². The zero-order valence-electron chi connectivity index (χ0n) is 11.5. The molecule has 114 valence electrons. The molecular formula is C15H13ClN2O4. The number of amides is 1. The van der Waals surface area contributed by atoms with Crippen LogP contribution >= 0.6 is 11.6 Å². The highest BCUT2D eigenvalue weighted by molar-refractivity contribution is 6.30. The molecule has 0 unspecified atom stereocenters. The van der Waals surface area contributed by atoms with E-state index in [9.17, 15) is 9.59 Å². The van der Waals surface area contributed by atoms with Crippen molar-refractivity contribution >= 4 is 23.5 Å². The van der Waals surface area contributed by atoms with E-state index in [0.717, 1.165) is 5.56 Å². The molecule has 2 aromatic rings. The molecule has 0 spiro atoms. The minimum absolute atomic E-state index is 0.0395. The molecule has 0 bridgehead atoms. The monoisotopic (exact) mass is 320 g/mol. The smallest absolute Gasteiger partial charge is 0.322 e. The molecule has 0 fully saturated rings. The molecule has 0 aliphatic rings. The maximum Gasteiger partial charge on any atom is 0.322 e. The van der Waals surface area contributed by atoms with Crippen molar-refractivity contribution < 1.29 is 19.4 Å². The number of hydrogen-bond acceptors (Lipinski definition) is 4. The van der Waals surface area contributed by atoms with Crippen LogP contribution in [0.4, 0.5) is 0 Å². The van der Waals surface area contributed by atoms with Gasteiger partial charge in [0.05, 0.1) is 0 Å². The SMILES string of the molecule is O=C(O)CNC(=O)c1ncccc1OCc1ccc(Cl)cc1. The number of nitrogens with one attached hydrogen (secondary N) is 1. The fourth-order valence-electron chi connectivity index (χ4n) is 1.66. The van der Waals surface area contributed by atoms with Gasteiger partial charge in [-0.2, -0.15) is 0 Å². The summed E-state index contributed by atoms with van der Waals surface area (Å²) in [5.41, 5.74) is 0.919. The van der Waals surface area contributed by atoms with E-state index < -0.39 is 18.4 Å². The number of nitrogens with zero attached hydrogens (tertiary/aromatic N) is 1. The lowest BCUT2D eigenvalue weighted by molar-refractivity contribution is -0.135. The Kier molecular flexibility index (Phi) is 5.32. The number of ether oxygens (including phenoxy) is 1. The minimum atomic E-state index is -1.13. The number of rotatable bonds is 6. The predicted octanol–water partition coefficient (Wildman–Crippen LogP) is 2.13. The van der Waals surface area contributed by atoms with Gasteiger partial charge in [-0.05, 0) is 29.8 Å². The zero-order chi connectivity index (χ0) is 15.9. The molecule has 7 heteroatoms. The molecular weight excluding hydrogens is 308 g/mol. The molecule has 0 saturated heterocycles. The minimum Gasteiger partial charge on any atom is -0.486 e. The average molecular weight is 321 g/mol. The molecule has 1 amide bonds. The van der Waals surface area contributed by atoms with Crippen LogP contribution in [0.1, 0.15) is 16.1 Å². The highest BCUT2D eigenvalue weighted by atomic mass is 35.5. The molecule has 0 aliphatic heterocycles. The van der Waals surface area contributed by atoms with Crippen molar-refractivity contribution in [2.75, 3.05) is 6.54 Å². The van der Waals surface area contributed by atoms with Gasteiger partial charge in [-0.15, -0.1) is 0 Å². The summed E-state index contributed by atoms with van der Waals surface area (Å²) in [5, 5.41) is 11.4. The number of aliphatic carboxylic acids is 1. The first-order valence-corrected chi connectivity index (χ1v) is 6.76. The molecule has 0 aliphatic carbocycles. The Bertz CT molecular complexity index is 673. The highest BCUT2D eigenvalue weighted by Gasteiger charge is 2.14. The second kappa shape index (κ2) is 7.42. The Morgan fingerprint density at radius 2 is 1.95 bits per heavy atom. The van der Waals surface area contributed by atoms with Crippen LogP contribution in [0.2, 0.25) is 5.02 Å². The van der Waals surface area contributed by atoms with Crippen molar-refractivity contribution in [3.63, 3.8) is 0 Å². The van der Waals surface area contributed by atoms with Gasteiger partial charge in [0.2, 0.25) is 0 Å². The predicted molar refractivity (Wildman–Crippen MR) is 80.0 cm³/mol. The molecule has 1 aromatic heterocycles. The van der Waals surface area contributed by atoms with Crippen molar-refractivity contribution in [3.8, 4) is 5.75 Å². The van der Waals surface area contributed by atoms with E-state index >= 15 is 0 Å². The molecule has 0 atom stereocenters. The second-order valence-electron chi connectivity index (χ2n) is 4.34. The van der Waals surface area contributed by atoms with Crippen LogP contribution in [-0.2, 0) is 11.4 Å². The maximum absolute atomic E-state index is 11.9. The summed E-state index contributed by atoms with van der Waals surface area (Å²) in [6, 6.07) is 10.3. The fraction of sp³-hybridized carbons (Fsp3) is 0.133. The van der Waals surface area contributed by atoms with E-state index in [1.165, 1.54) is 6.20 Å². The van der Waals surface area contributed by atoms with Crippen molar-refractivity contribution in [2.45, 2.75) is 6.61 Å². The number of carbonyl (C=O) groups excluding carboxylic acids is 1. The lowest BCUT2D eigenvalue weighted by Gasteiger charge is -2.10. The topological polar surface area (TPSA) is 88.5 Å². The van der Waals surface area contributed by atoms with Crippen LogP contribution in [0.5, 0.6) is 5.75 Å². The van der Waals surface area contributed by atoms with E-state index in [2.05, 4.69) is 10.3 Å². The largest absolute Gasteiger partial charge is 0.486 e. The zero-order valence-corrected chi connectivity index (χ0v) is 12.2. The third kappa shape index (κ3) is 4.46. The van der Waals surface area contributed by atoms with Crippen LogP contribution < -0.4 is 10.1 Å². The van der Waals surface area contributed by atoms with Crippen molar-refractivity contribution in [2.24, 2.45) is 0 Å². The summed E-state index contributed by atoms with van der Waals surface area (Å²) in [6.45, 7) is -0.242. The standard InChI is InChI=1S/C15H13ClN2O4/c16-11-5-3-10(4-6-11)9-22-12-2-1-7-17-14(12)15(21)18-8-13(19)20/h1-7H,8-9H2,(H,18,21)(H,19,20). The Balaban J connectivity index is 2.06. The Morgan fingerprint density at radius 1 is 1.23 bits per heavy atom. The molecule has 6 nitrogen and oxygen atoms in total. The van der Waals surface area contributed by atoms with Crippen LogP contribution in [-0.4, -0.2) is 28.5 Å². The van der Waals surface area contributed by atoms with E-state index in [1.807, 2.05) is 12.1 Å². The fourth-order valence-corrected chi connectivity index (χ4v) is 1.78. The van der Waals surface area contributed by atoms with Crippen LogP contribution in [0, 0.1) is 0 Å². The number of carboxylic acid groups (broad SMARTS) is 1. The number of benzene rings is 1. The van der Waals surface area contributed by atoms with Gasteiger partial charge in [0.1, 0.15) is 13.2 Å². The number of carbonyl (C=O) groups is 2. The summed E-state index contributed by atoms with van der Waals surface area (Å²) in [5.74, 6) is -1.46. The van der Waals surface area contributed by atoms with E-state index in [0.29, 0.717) is 5.02 Å². The van der Waals surface area contributed by atoms with E-state index in [1.54, 1.807) is 24.3 Å². The van der Waals surface area contributed by atoms with Crippen LogP contribution in [0.3, 0.4) is 0 Å².